The maximum absolute atomic E-state index is 9.38. The van der Waals surface area contributed by atoms with E-state index in [9.17, 15) is 5.11 Å². The number of aliphatic hydroxyl groups is 1. The molecule has 1 N–H and O–H groups in total. The Labute approximate surface area is 102 Å². The molecule has 0 aliphatic heterocycles. The van der Waals surface area contributed by atoms with E-state index in [-0.39, 0.29) is 5.41 Å². The van der Waals surface area contributed by atoms with E-state index in [4.69, 9.17) is 10.00 Å². The minimum atomic E-state index is -0.447. The highest BCUT2D eigenvalue weighted by atomic mass is 16.5. The fourth-order valence-corrected chi connectivity index (χ4v) is 1.80. The minimum absolute atomic E-state index is 0.109. The first-order valence-electron chi connectivity index (χ1n) is 5.93. The third-order valence-electron chi connectivity index (χ3n) is 3.32. The number of aliphatic hydroxyl groups excluding tert-OH is 1. The molecule has 0 bridgehead atoms. The van der Waals surface area contributed by atoms with Gasteiger partial charge in [0.15, 0.2) is 0 Å². The number of hydrogen-bond acceptors (Lipinski definition) is 3. The molecule has 0 radical (unpaired) electrons. The number of rotatable bonds is 5. The normalized spacial score (nSPS) is 18.2. The van der Waals surface area contributed by atoms with Crippen molar-refractivity contribution in [2.24, 2.45) is 5.41 Å². The van der Waals surface area contributed by atoms with Crippen LogP contribution < -0.4 is 4.74 Å². The second-order valence-corrected chi connectivity index (χ2v) is 4.87. The molecule has 0 amide bonds. The molecule has 1 aliphatic rings. The number of benzene rings is 1. The van der Waals surface area contributed by atoms with Crippen LogP contribution in [0.1, 0.15) is 37.9 Å². The zero-order chi connectivity index (χ0) is 12.3. The molecule has 3 nitrogen and oxygen atoms in total. The lowest BCUT2D eigenvalue weighted by atomic mass is 10.1. The van der Waals surface area contributed by atoms with E-state index >= 15 is 0 Å². The van der Waals surface area contributed by atoms with Crippen LogP contribution in [-0.4, -0.2) is 11.7 Å². The number of nitrogens with zero attached hydrogens (tertiary/aromatic N) is 1. The van der Waals surface area contributed by atoms with E-state index in [1.54, 1.807) is 6.92 Å². The summed E-state index contributed by atoms with van der Waals surface area (Å²) in [6.07, 6.45) is 2.31. The van der Waals surface area contributed by atoms with Crippen LogP contribution in [-0.2, 0) is 0 Å². The first-order valence-corrected chi connectivity index (χ1v) is 5.93. The van der Waals surface area contributed by atoms with Gasteiger partial charge in [0.1, 0.15) is 5.75 Å². The van der Waals surface area contributed by atoms with Gasteiger partial charge in [-0.1, -0.05) is 12.1 Å². The summed E-state index contributed by atoms with van der Waals surface area (Å²) < 4.78 is 5.69. The molecule has 17 heavy (non-hydrogen) atoms. The molecule has 0 unspecified atom stereocenters. The van der Waals surface area contributed by atoms with Crippen molar-refractivity contribution >= 4 is 0 Å². The van der Waals surface area contributed by atoms with Crippen LogP contribution in [0.15, 0.2) is 24.3 Å². The van der Waals surface area contributed by atoms with Crippen LogP contribution in [0.3, 0.4) is 0 Å². The van der Waals surface area contributed by atoms with Gasteiger partial charge in [-0.15, -0.1) is 0 Å². The molecule has 1 saturated carbocycles. The molecule has 0 heterocycles. The van der Waals surface area contributed by atoms with Crippen molar-refractivity contribution in [1.82, 2.24) is 0 Å². The van der Waals surface area contributed by atoms with Gasteiger partial charge >= 0.3 is 0 Å². The lowest BCUT2D eigenvalue weighted by Crippen LogP contribution is -2.12. The predicted molar refractivity (Wildman–Crippen MR) is 64.5 cm³/mol. The third kappa shape index (κ3) is 2.98. The lowest BCUT2D eigenvalue weighted by molar-refractivity contribution is 0.199. The Kier molecular flexibility index (Phi) is 3.35. The van der Waals surface area contributed by atoms with Crippen molar-refractivity contribution in [2.45, 2.75) is 32.3 Å². The van der Waals surface area contributed by atoms with E-state index in [0.29, 0.717) is 13.0 Å². The van der Waals surface area contributed by atoms with Crippen molar-refractivity contribution in [3.8, 4) is 11.8 Å². The van der Waals surface area contributed by atoms with Crippen molar-refractivity contribution in [1.29, 1.82) is 5.26 Å². The average molecular weight is 231 g/mol. The van der Waals surface area contributed by atoms with E-state index < -0.39 is 6.10 Å². The molecular weight excluding hydrogens is 214 g/mol. The van der Waals surface area contributed by atoms with Crippen LogP contribution >= 0.6 is 0 Å². The van der Waals surface area contributed by atoms with E-state index in [0.717, 1.165) is 24.2 Å². The van der Waals surface area contributed by atoms with Gasteiger partial charge in [0.05, 0.1) is 18.8 Å². The fourth-order valence-electron chi connectivity index (χ4n) is 1.80. The first-order chi connectivity index (χ1) is 8.15. The maximum atomic E-state index is 9.38. The Morgan fingerprint density at radius 3 is 2.53 bits per heavy atom. The van der Waals surface area contributed by atoms with Crippen LogP contribution in [0, 0.1) is 16.7 Å². The smallest absolute Gasteiger partial charge is 0.119 e. The summed E-state index contributed by atoms with van der Waals surface area (Å²) in [5.41, 5.74) is 0.994. The minimum Gasteiger partial charge on any atom is -0.493 e. The van der Waals surface area contributed by atoms with E-state index in [2.05, 4.69) is 6.07 Å². The molecule has 1 atom stereocenters. The van der Waals surface area contributed by atoms with Crippen molar-refractivity contribution in [3.63, 3.8) is 0 Å². The number of hydrogen-bond donors (Lipinski definition) is 1. The molecule has 1 aromatic rings. The molecule has 0 spiro atoms. The largest absolute Gasteiger partial charge is 0.493 e. The summed E-state index contributed by atoms with van der Waals surface area (Å²) in [4.78, 5) is 0. The quantitative estimate of drug-likeness (QED) is 0.847. The average Bonchev–Trinajstić information content (AvgIpc) is 3.08. The highest BCUT2D eigenvalue weighted by Crippen LogP contribution is 2.48. The van der Waals surface area contributed by atoms with Gasteiger partial charge in [0, 0.05) is 11.8 Å². The summed E-state index contributed by atoms with van der Waals surface area (Å²) in [7, 11) is 0. The fraction of sp³-hybridized carbons (Fsp3) is 0.500. The Bertz CT molecular complexity index is 413. The molecule has 1 fully saturated rings. The van der Waals surface area contributed by atoms with Crippen LogP contribution in [0.4, 0.5) is 0 Å². The Balaban J connectivity index is 1.90. The Hall–Kier alpha value is -1.53. The second kappa shape index (κ2) is 4.77. The van der Waals surface area contributed by atoms with Gasteiger partial charge in [-0.05, 0) is 37.5 Å². The standard InChI is InChI=1S/C14H17NO2/c1-11(16)12-2-4-13(5-3-12)17-10-14(6-7-14)8-9-15/h2-5,11,16H,6-8,10H2,1H3/t11-/m1/s1. The molecule has 3 heteroatoms. The Morgan fingerprint density at radius 2 is 2.06 bits per heavy atom. The summed E-state index contributed by atoms with van der Waals surface area (Å²) in [5.74, 6) is 0.804. The maximum Gasteiger partial charge on any atom is 0.119 e. The van der Waals surface area contributed by atoms with Crippen molar-refractivity contribution in [3.05, 3.63) is 29.8 Å². The molecule has 1 aromatic carbocycles. The molecule has 0 aromatic heterocycles. The highest BCUT2D eigenvalue weighted by Gasteiger charge is 2.43. The number of nitriles is 1. The summed E-state index contributed by atoms with van der Waals surface area (Å²) in [6.45, 7) is 2.36. The highest BCUT2D eigenvalue weighted by molar-refractivity contribution is 5.28. The zero-order valence-corrected chi connectivity index (χ0v) is 10.0. The van der Waals surface area contributed by atoms with Gasteiger partial charge in [-0.25, -0.2) is 0 Å². The number of ether oxygens (including phenoxy) is 1. The monoisotopic (exact) mass is 231 g/mol. The van der Waals surface area contributed by atoms with Crippen LogP contribution in [0.5, 0.6) is 5.75 Å². The zero-order valence-electron chi connectivity index (χ0n) is 10.0. The van der Waals surface area contributed by atoms with Crippen molar-refractivity contribution < 1.29 is 9.84 Å². The van der Waals surface area contributed by atoms with Gasteiger partial charge < -0.3 is 9.84 Å². The topological polar surface area (TPSA) is 53.2 Å². The molecular formula is C14H17NO2. The van der Waals surface area contributed by atoms with Crippen LogP contribution in [0.25, 0.3) is 0 Å². The van der Waals surface area contributed by atoms with E-state index in [1.807, 2.05) is 24.3 Å². The summed E-state index contributed by atoms with van der Waals surface area (Å²) in [6, 6.07) is 9.68. The van der Waals surface area contributed by atoms with Gasteiger partial charge in [0.25, 0.3) is 0 Å². The lowest BCUT2D eigenvalue weighted by Gasteiger charge is -2.13. The Morgan fingerprint density at radius 1 is 1.41 bits per heavy atom. The first kappa shape index (κ1) is 11.9. The van der Waals surface area contributed by atoms with Crippen molar-refractivity contribution in [2.75, 3.05) is 6.61 Å². The summed E-state index contributed by atoms with van der Waals surface area (Å²) >= 11 is 0. The molecule has 0 saturated heterocycles. The molecule has 90 valence electrons. The predicted octanol–water partition coefficient (Wildman–Crippen LogP) is 2.81. The van der Waals surface area contributed by atoms with Gasteiger partial charge in [0.2, 0.25) is 0 Å². The van der Waals surface area contributed by atoms with Gasteiger partial charge in [-0.2, -0.15) is 5.26 Å². The third-order valence-corrected chi connectivity index (χ3v) is 3.32. The van der Waals surface area contributed by atoms with Gasteiger partial charge in [-0.3, -0.25) is 0 Å². The summed E-state index contributed by atoms with van der Waals surface area (Å²) in [5, 5.41) is 18.1. The second-order valence-electron chi connectivity index (χ2n) is 4.87. The SMILES string of the molecule is C[C@@H](O)c1ccc(OCC2(CC#N)CC2)cc1. The molecule has 2 rings (SSSR count). The van der Waals surface area contributed by atoms with E-state index in [1.165, 1.54) is 0 Å². The molecule has 1 aliphatic carbocycles. The van der Waals surface area contributed by atoms with Crippen LogP contribution in [0.2, 0.25) is 0 Å².